The molecule has 0 saturated heterocycles. The number of benzene rings is 1. The first kappa shape index (κ1) is 13.3. The number of halogens is 1. The van der Waals surface area contributed by atoms with E-state index in [1.807, 2.05) is 18.8 Å². The molecule has 3 heteroatoms. The van der Waals surface area contributed by atoms with Gasteiger partial charge < -0.3 is 5.32 Å². The maximum Gasteiger partial charge on any atom is 0.0545 e. The number of rotatable bonds is 4. The lowest BCUT2D eigenvalue weighted by Gasteiger charge is -2.14. The molecule has 1 atom stereocenters. The Bertz CT molecular complexity index is 374. The summed E-state index contributed by atoms with van der Waals surface area (Å²) in [6, 6.07) is 6.82. The van der Waals surface area contributed by atoms with E-state index in [1.54, 1.807) is 0 Å². The second-order valence-electron chi connectivity index (χ2n) is 4.72. The van der Waals surface area contributed by atoms with Crippen molar-refractivity contribution in [2.45, 2.75) is 48.8 Å². The Balaban J connectivity index is 2.08. The molecule has 1 fully saturated rings. The fraction of sp³-hybridized carbons (Fsp3) is 0.571. The van der Waals surface area contributed by atoms with Gasteiger partial charge in [0.1, 0.15) is 0 Å². The quantitative estimate of drug-likeness (QED) is 0.854. The van der Waals surface area contributed by atoms with Crippen molar-refractivity contribution in [1.29, 1.82) is 0 Å². The Hall–Kier alpha value is -0.180. The van der Waals surface area contributed by atoms with Crippen LogP contribution in [0.2, 0.25) is 5.02 Å². The van der Waals surface area contributed by atoms with Gasteiger partial charge in [-0.1, -0.05) is 30.5 Å². The zero-order chi connectivity index (χ0) is 12.3. The smallest absolute Gasteiger partial charge is 0.0545 e. The van der Waals surface area contributed by atoms with Crippen molar-refractivity contribution in [3.63, 3.8) is 0 Å². The predicted octanol–water partition coefficient (Wildman–Crippen LogP) is 4.66. The molecule has 1 aromatic carbocycles. The van der Waals surface area contributed by atoms with Gasteiger partial charge in [-0.2, -0.15) is 0 Å². The fourth-order valence-electron chi connectivity index (χ4n) is 2.23. The molecule has 1 unspecified atom stereocenters. The van der Waals surface area contributed by atoms with E-state index in [2.05, 4.69) is 30.4 Å². The second kappa shape index (κ2) is 6.12. The molecule has 0 aliphatic heterocycles. The molecule has 0 amide bonds. The highest BCUT2D eigenvalue weighted by atomic mass is 35.5. The van der Waals surface area contributed by atoms with Gasteiger partial charge in [0.05, 0.1) is 5.02 Å². The Morgan fingerprint density at radius 3 is 2.65 bits per heavy atom. The summed E-state index contributed by atoms with van der Waals surface area (Å²) in [6.45, 7) is 2.15. The first-order valence-electron chi connectivity index (χ1n) is 6.34. The first-order valence-corrected chi connectivity index (χ1v) is 7.60. The van der Waals surface area contributed by atoms with Gasteiger partial charge in [-0.05, 0) is 44.5 Å². The Morgan fingerprint density at radius 2 is 2.06 bits per heavy atom. The molecule has 1 aliphatic rings. The number of thioether (sulfide) groups is 1. The van der Waals surface area contributed by atoms with Crippen LogP contribution in [0.3, 0.4) is 0 Å². The van der Waals surface area contributed by atoms with E-state index < -0.39 is 0 Å². The van der Waals surface area contributed by atoms with Crippen LogP contribution in [0.4, 0.5) is 0 Å². The standard InChI is InChI=1S/C14H20ClNS/c1-10(16-2)11-7-8-14(13(15)9-11)17-12-5-3-4-6-12/h7-10,12,16H,3-6H2,1-2H3. The lowest BCUT2D eigenvalue weighted by atomic mass is 10.1. The molecule has 1 saturated carbocycles. The Kier molecular flexibility index (Phi) is 4.78. The SMILES string of the molecule is CNC(C)c1ccc(SC2CCCC2)c(Cl)c1. The van der Waals surface area contributed by atoms with Crippen LogP contribution in [0.5, 0.6) is 0 Å². The molecule has 94 valence electrons. The second-order valence-corrected chi connectivity index (χ2v) is 6.47. The van der Waals surface area contributed by atoms with E-state index in [-0.39, 0.29) is 0 Å². The minimum atomic E-state index is 0.359. The van der Waals surface area contributed by atoms with Gasteiger partial charge in [0.15, 0.2) is 0 Å². The molecule has 1 aromatic rings. The molecular formula is C14H20ClNS. The lowest BCUT2D eigenvalue weighted by molar-refractivity contribution is 0.652. The van der Waals surface area contributed by atoms with Gasteiger partial charge in [-0.3, -0.25) is 0 Å². The average Bonchev–Trinajstić information content (AvgIpc) is 2.83. The summed E-state index contributed by atoms with van der Waals surface area (Å²) >= 11 is 8.31. The summed E-state index contributed by atoms with van der Waals surface area (Å²) in [6.07, 6.45) is 5.44. The molecule has 0 heterocycles. The van der Waals surface area contributed by atoms with Gasteiger partial charge in [-0.25, -0.2) is 0 Å². The van der Waals surface area contributed by atoms with E-state index in [0.29, 0.717) is 6.04 Å². The van der Waals surface area contributed by atoms with Crippen LogP contribution in [0.1, 0.15) is 44.2 Å². The van der Waals surface area contributed by atoms with Gasteiger partial charge >= 0.3 is 0 Å². The molecule has 2 rings (SSSR count). The van der Waals surface area contributed by atoms with Crippen LogP contribution < -0.4 is 5.32 Å². The van der Waals surface area contributed by atoms with Gasteiger partial charge in [0, 0.05) is 16.2 Å². The van der Waals surface area contributed by atoms with Gasteiger partial charge in [0.25, 0.3) is 0 Å². The minimum absolute atomic E-state index is 0.359. The zero-order valence-corrected chi connectivity index (χ0v) is 12.1. The summed E-state index contributed by atoms with van der Waals surface area (Å²) in [7, 11) is 1.97. The minimum Gasteiger partial charge on any atom is -0.313 e. The Labute approximate surface area is 113 Å². The van der Waals surface area contributed by atoms with Crippen molar-refractivity contribution < 1.29 is 0 Å². The van der Waals surface area contributed by atoms with Gasteiger partial charge in [0.2, 0.25) is 0 Å². The molecule has 0 bridgehead atoms. The van der Waals surface area contributed by atoms with Crippen LogP contribution in [-0.4, -0.2) is 12.3 Å². The molecule has 17 heavy (non-hydrogen) atoms. The fourth-order valence-corrected chi connectivity index (χ4v) is 3.80. The number of nitrogens with one attached hydrogen (secondary N) is 1. The van der Waals surface area contributed by atoms with Crippen molar-refractivity contribution in [2.75, 3.05) is 7.05 Å². The van der Waals surface area contributed by atoms with Crippen molar-refractivity contribution in [2.24, 2.45) is 0 Å². The van der Waals surface area contributed by atoms with Crippen molar-refractivity contribution >= 4 is 23.4 Å². The summed E-state index contributed by atoms with van der Waals surface area (Å²) < 4.78 is 0. The molecular weight excluding hydrogens is 250 g/mol. The van der Waals surface area contributed by atoms with Crippen LogP contribution in [0, 0.1) is 0 Å². The third-order valence-electron chi connectivity index (χ3n) is 3.48. The van der Waals surface area contributed by atoms with E-state index in [4.69, 9.17) is 11.6 Å². The van der Waals surface area contributed by atoms with Crippen LogP contribution in [-0.2, 0) is 0 Å². The van der Waals surface area contributed by atoms with E-state index in [9.17, 15) is 0 Å². The van der Waals surface area contributed by atoms with Gasteiger partial charge in [-0.15, -0.1) is 11.8 Å². The third kappa shape index (κ3) is 3.40. The topological polar surface area (TPSA) is 12.0 Å². The summed E-state index contributed by atoms with van der Waals surface area (Å²) in [5.41, 5.74) is 1.26. The molecule has 1 N–H and O–H groups in total. The van der Waals surface area contributed by atoms with E-state index in [0.717, 1.165) is 10.3 Å². The van der Waals surface area contributed by atoms with E-state index >= 15 is 0 Å². The number of hydrogen-bond donors (Lipinski definition) is 1. The lowest BCUT2D eigenvalue weighted by Crippen LogP contribution is -2.12. The van der Waals surface area contributed by atoms with Crippen LogP contribution >= 0.6 is 23.4 Å². The predicted molar refractivity (Wildman–Crippen MR) is 77.0 cm³/mol. The molecule has 0 aromatic heterocycles. The highest BCUT2D eigenvalue weighted by molar-refractivity contribution is 8.00. The first-order chi connectivity index (χ1) is 8.20. The highest BCUT2D eigenvalue weighted by Gasteiger charge is 2.17. The average molecular weight is 270 g/mol. The maximum absolute atomic E-state index is 6.36. The van der Waals surface area contributed by atoms with Crippen LogP contribution in [0.25, 0.3) is 0 Å². The third-order valence-corrected chi connectivity index (χ3v) is 5.32. The van der Waals surface area contributed by atoms with Crippen molar-refractivity contribution in [3.8, 4) is 0 Å². The van der Waals surface area contributed by atoms with Crippen molar-refractivity contribution in [1.82, 2.24) is 5.32 Å². The zero-order valence-electron chi connectivity index (χ0n) is 10.5. The highest BCUT2D eigenvalue weighted by Crippen LogP contribution is 2.38. The normalized spacial score (nSPS) is 18.5. The Morgan fingerprint density at radius 1 is 1.35 bits per heavy atom. The largest absolute Gasteiger partial charge is 0.313 e. The maximum atomic E-state index is 6.36. The molecule has 0 spiro atoms. The summed E-state index contributed by atoms with van der Waals surface area (Å²) in [5, 5.41) is 4.92. The molecule has 1 nitrogen and oxygen atoms in total. The van der Waals surface area contributed by atoms with E-state index in [1.165, 1.54) is 36.1 Å². The summed E-state index contributed by atoms with van der Waals surface area (Å²) in [5.74, 6) is 0. The van der Waals surface area contributed by atoms with Crippen LogP contribution in [0.15, 0.2) is 23.1 Å². The monoisotopic (exact) mass is 269 g/mol. The molecule has 1 aliphatic carbocycles. The van der Waals surface area contributed by atoms with Crippen molar-refractivity contribution in [3.05, 3.63) is 28.8 Å². The number of hydrogen-bond acceptors (Lipinski definition) is 2. The molecule has 0 radical (unpaired) electrons. The summed E-state index contributed by atoms with van der Waals surface area (Å²) in [4.78, 5) is 1.24.